The van der Waals surface area contributed by atoms with E-state index in [0.717, 1.165) is 31.4 Å². The number of hydrogen-bond donors (Lipinski definition) is 3. The normalized spacial score (nSPS) is 13.2. The summed E-state index contributed by atoms with van der Waals surface area (Å²) < 4.78 is 0. The van der Waals surface area contributed by atoms with Gasteiger partial charge in [-0.2, -0.15) is 0 Å². The van der Waals surface area contributed by atoms with E-state index in [1.807, 2.05) is 13.0 Å². The van der Waals surface area contributed by atoms with Gasteiger partial charge in [0.05, 0.1) is 0 Å². The van der Waals surface area contributed by atoms with Gasteiger partial charge in [-0.05, 0) is 56.0 Å². The van der Waals surface area contributed by atoms with Crippen LogP contribution < -0.4 is 16.0 Å². The van der Waals surface area contributed by atoms with Crippen LogP contribution in [0.2, 0.25) is 0 Å². The first-order chi connectivity index (χ1) is 12.6. The minimum absolute atomic E-state index is 0.0991. The molecule has 26 heavy (non-hydrogen) atoms. The van der Waals surface area contributed by atoms with Crippen molar-refractivity contribution in [3.63, 3.8) is 0 Å². The molecule has 3 rings (SSSR count). The number of aromatic nitrogens is 1. The summed E-state index contributed by atoms with van der Waals surface area (Å²) in [5.41, 5.74) is 2.61. The van der Waals surface area contributed by atoms with Gasteiger partial charge in [0.25, 0.3) is 11.8 Å². The molecule has 0 radical (unpaired) electrons. The van der Waals surface area contributed by atoms with Crippen LogP contribution in [-0.4, -0.2) is 29.4 Å². The van der Waals surface area contributed by atoms with E-state index >= 15 is 0 Å². The van der Waals surface area contributed by atoms with Gasteiger partial charge in [0.15, 0.2) is 0 Å². The molecule has 1 fully saturated rings. The topological polar surface area (TPSA) is 83.1 Å². The molecule has 0 spiro atoms. The molecule has 0 unspecified atom stereocenters. The largest absolute Gasteiger partial charge is 0.370 e. The Morgan fingerprint density at radius 1 is 1.12 bits per heavy atom. The molecule has 0 aliphatic heterocycles. The molecule has 0 atom stereocenters. The fraction of sp³-hybridized carbons (Fsp3) is 0.350. The molecule has 1 aliphatic carbocycles. The zero-order chi connectivity index (χ0) is 18.5. The molecule has 6 heteroatoms. The predicted octanol–water partition coefficient (Wildman–Crippen LogP) is 3.36. The molecule has 1 aromatic heterocycles. The van der Waals surface area contributed by atoms with Crippen molar-refractivity contribution >= 4 is 23.3 Å². The minimum atomic E-state index is -0.227. The maximum Gasteiger partial charge on any atom is 0.255 e. The molecule has 1 heterocycles. The first kappa shape index (κ1) is 17.9. The third kappa shape index (κ3) is 4.59. The van der Waals surface area contributed by atoms with Crippen LogP contribution in [-0.2, 0) is 0 Å². The number of carbonyl (C=O) groups is 2. The highest BCUT2D eigenvalue weighted by molar-refractivity contribution is 6.06. The number of amides is 2. The first-order valence-electron chi connectivity index (χ1n) is 8.99. The fourth-order valence-corrected chi connectivity index (χ4v) is 2.51. The molecular weight excluding hydrogens is 328 g/mol. The Balaban J connectivity index is 1.73. The highest BCUT2D eigenvalue weighted by Gasteiger charge is 2.24. The summed E-state index contributed by atoms with van der Waals surface area (Å²) in [7, 11) is 0. The van der Waals surface area contributed by atoms with E-state index in [9.17, 15) is 9.59 Å². The van der Waals surface area contributed by atoms with Crippen LogP contribution in [0, 0.1) is 6.92 Å². The van der Waals surface area contributed by atoms with Gasteiger partial charge in [-0.15, -0.1) is 0 Å². The Bertz CT molecular complexity index is 815. The Labute approximate surface area is 153 Å². The first-order valence-corrected chi connectivity index (χ1v) is 8.99. The zero-order valence-electron chi connectivity index (χ0n) is 15.1. The van der Waals surface area contributed by atoms with E-state index in [4.69, 9.17) is 0 Å². The number of nitrogens with one attached hydrogen (secondary N) is 3. The summed E-state index contributed by atoms with van der Waals surface area (Å²) >= 11 is 0. The van der Waals surface area contributed by atoms with Crippen molar-refractivity contribution in [3.05, 3.63) is 53.2 Å². The minimum Gasteiger partial charge on any atom is -0.370 e. The van der Waals surface area contributed by atoms with E-state index in [-0.39, 0.29) is 11.8 Å². The van der Waals surface area contributed by atoms with Crippen LogP contribution in [0.15, 0.2) is 36.5 Å². The van der Waals surface area contributed by atoms with Crippen molar-refractivity contribution in [1.82, 2.24) is 10.3 Å². The van der Waals surface area contributed by atoms with Crippen molar-refractivity contribution in [2.75, 3.05) is 17.2 Å². The molecule has 1 aromatic carbocycles. The zero-order valence-corrected chi connectivity index (χ0v) is 15.1. The second kappa shape index (κ2) is 7.99. The molecule has 6 nitrogen and oxygen atoms in total. The molecule has 2 amide bonds. The Hall–Kier alpha value is -2.89. The van der Waals surface area contributed by atoms with Gasteiger partial charge >= 0.3 is 0 Å². The van der Waals surface area contributed by atoms with Gasteiger partial charge in [-0.1, -0.05) is 13.0 Å². The molecular formula is C20H24N4O2. The second-order valence-corrected chi connectivity index (χ2v) is 6.59. The van der Waals surface area contributed by atoms with Crippen LogP contribution in [0.3, 0.4) is 0 Å². The summed E-state index contributed by atoms with van der Waals surface area (Å²) in [6.45, 7) is 4.77. The molecule has 136 valence electrons. The Kier molecular flexibility index (Phi) is 5.51. The monoisotopic (exact) mass is 352 g/mol. The molecule has 1 aliphatic rings. The van der Waals surface area contributed by atoms with E-state index in [0.29, 0.717) is 28.7 Å². The maximum atomic E-state index is 12.6. The molecule has 3 N–H and O–H groups in total. The van der Waals surface area contributed by atoms with Crippen LogP contribution in [0.25, 0.3) is 0 Å². The number of rotatable bonds is 7. The SMILES string of the molecule is CCCNc1cc(C(=O)Nc2cc(C(=O)NC3CC3)ccc2C)ccn1. The lowest BCUT2D eigenvalue weighted by Gasteiger charge is -2.12. The summed E-state index contributed by atoms with van der Waals surface area (Å²) in [6, 6.07) is 9.05. The highest BCUT2D eigenvalue weighted by Crippen LogP contribution is 2.22. The number of hydrogen-bond acceptors (Lipinski definition) is 4. The van der Waals surface area contributed by atoms with Gasteiger partial charge in [0.2, 0.25) is 0 Å². The average molecular weight is 352 g/mol. The molecule has 0 saturated heterocycles. The van der Waals surface area contributed by atoms with Crippen LogP contribution in [0.4, 0.5) is 11.5 Å². The van der Waals surface area contributed by atoms with E-state index in [2.05, 4.69) is 27.9 Å². The number of carbonyl (C=O) groups excluding carboxylic acids is 2. The number of benzene rings is 1. The molecule has 0 bridgehead atoms. The summed E-state index contributed by atoms with van der Waals surface area (Å²) in [5, 5.41) is 9.03. The van der Waals surface area contributed by atoms with Crippen LogP contribution >= 0.6 is 0 Å². The smallest absolute Gasteiger partial charge is 0.255 e. The molecule has 2 aromatic rings. The standard InChI is InChI=1S/C20H24N4O2/c1-3-9-21-18-12-15(8-10-22-18)20(26)24-17-11-14(5-4-13(17)2)19(25)23-16-6-7-16/h4-5,8,10-12,16H,3,6-7,9H2,1-2H3,(H,21,22)(H,23,25)(H,24,26). The maximum absolute atomic E-state index is 12.6. The number of pyridine rings is 1. The van der Waals surface area contributed by atoms with Gasteiger partial charge in [-0.3, -0.25) is 9.59 Å². The third-order valence-corrected chi connectivity index (χ3v) is 4.24. The number of anilines is 2. The van der Waals surface area contributed by atoms with Crippen molar-refractivity contribution < 1.29 is 9.59 Å². The van der Waals surface area contributed by atoms with E-state index in [1.54, 1.807) is 30.5 Å². The highest BCUT2D eigenvalue weighted by atomic mass is 16.2. The lowest BCUT2D eigenvalue weighted by molar-refractivity contribution is 0.0949. The van der Waals surface area contributed by atoms with Crippen LogP contribution in [0.1, 0.15) is 52.5 Å². The summed E-state index contributed by atoms with van der Waals surface area (Å²) in [6.07, 6.45) is 4.67. The third-order valence-electron chi connectivity index (χ3n) is 4.24. The summed E-state index contributed by atoms with van der Waals surface area (Å²) in [5.74, 6) is 0.349. The van der Waals surface area contributed by atoms with Crippen molar-refractivity contribution in [2.45, 2.75) is 39.2 Å². The van der Waals surface area contributed by atoms with Crippen molar-refractivity contribution in [1.29, 1.82) is 0 Å². The van der Waals surface area contributed by atoms with E-state index < -0.39 is 0 Å². The summed E-state index contributed by atoms with van der Waals surface area (Å²) in [4.78, 5) is 29.0. The van der Waals surface area contributed by atoms with E-state index in [1.165, 1.54) is 0 Å². The molecule has 1 saturated carbocycles. The van der Waals surface area contributed by atoms with Crippen molar-refractivity contribution in [2.24, 2.45) is 0 Å². The van der Waals surface area contributed by atoms with Crippen LogP contribution in [0.5, 0.6) is 0 Å². The Morgan fingerprint density at radius 3 is 2.62 bits per heavy atom. The van der Waals surface area contributed by atoms with Gasteiger partial charge < -0.3 is 16.0 Å². The second-order valence-electron chi connectivity index (χ2n) is 6.59. The quantitative estimate of drug-likeness (QED) is 0.713. The number of aryl methyl sites for hydroxylation is 1. The average Bonchev–Trinajstić information content (AvgIpc) is 3.46. The van der Waals surface area contributed by atoms with Gasteiger partial charge in [0.1, 0.15) is 5.82 Å². The number of nitrogens with zero attached hydrogens (tertiary/aromatic N) is 1. The van der Waals surface area contributed by atoms with Crippen molar-refractivity contribution in [3.8, 4) is 0 Å². The fourth-order valence-electron chi connectivity index (χ4n) is 2.51. The lowest BCUT2D eigenvalue weighted by atomic mass is 10.1. The van der Waals surface area contributed by atoms with Gasteiger partial charge in [-0.25, -0.2) is 4.98 Å². The Morgan fingerprint density at radius 2 is 1.88 bits per heavy atom. The lowest BCUT2D eigenvalue weighted by Crippen LogP contribution is -2.25. The predicted molar refractivity (Wildman–Crippen MR) is 103 cm³/mol. The van der Waals surface area contributed by atoms with Gasteiger partial charge in [0, 0.05) is 35.6 Å².